The second-order valence-corrected chi connectivity index (χ2v) is 4.73. The first-order valence-electron chi connectivity index (χ1n) is 6.03. The lowest BCUT2D eigenvalue weighted by molar-refractivity contribution is 0.115. The van der Waals surface area contributed by atoms with Gasteiger partial charge in [0.15, 0.2) is 0 Å². The number of pyridine rings is 1. The van der Waals surface area contributed by atoms with Gasteiger partial charge in [0, 0.05) is 24.7 Å². The number of hydrogen-bond donors (Lipinski definition) is 1. The molecule has 1 aromatic rings. The Hall–Kier alpha value is -1.09. The van der Waals surface area contributed by atoms with Crippen molar-refractivity contribution < 1.29 is 5.11 Å². The number of nitrogens with zero attached hydrogens (tertiary/aromatic N) is 2. The average molecular weight is 220 g/mol. The summed E-state index contributed by atoms with van der Waals surface area (Å²) < 4.78 is 0. The van der Waals surface area contributed by atoms with E-state index in [1.165, 1.54) is 0 Å². The number of aromatic nitrogens is 1. The van der Waals surface area contributed by atoms with E-state index in [2.05, 4.69) is 16.0 Å². The van der Waals surface area contributed by atoms with Crippen LogP contribution >= 0.6 is 0 Å². The number of anilines is 1. The molecule has 1 saturated heterocycles. The fourth-order valence-electron chi connectivity index (χ4n) is 2.32. The minimum absolute atomic E-state index is 0.215. The molecule has 1 N–H and O–H groups in total. The number of aryl methyl sites for hydroxylation is 1. The van der Waals surface area contributed by atoms with Gasteiger partial charge < -0.3 is 10.0 Å². The molecule has 16 heavy (non-hydrogen) atoms. The third-order valence-corrected chi connectivity index (χ3v) is 3.34. The van der Waals surface area contributed by atoms with Crippen LogP contribution in [0.5, 0.6) is 0 Å². The van der Waals surface area contributed by atoms with Gasteiger partial charge in [0.05, 0.1) is 6.10 Å². The summed E-state index contributed by atoms with van der Waals surface area (Å²) >= 11 is 0. The van der Waals surface area contributed by atoms with Crippen molar-refractivity contribution in [2.24, 2.45) is 5.92 Å². The Labute approximate surface area is 97.1 Å². The summed E-state index contributed by atoms with van der Waals surface area (Å²) in [4.78, 5) is 6.82. The topological polar surface area (TPSA) is 36.4 Å². The molecule has 0 amide bonds. The lowest BCUT2D eigenvalue weighted by Crippen LogP contribution is -2.40. The standard InChI is InChI=1S/C13H20N2O/c1-10-5-3-7-13(14-10)15-8-4-6-12(9-15)11(2)16/h3,5,7,11-12,16H,4,6,8-9H2,1-2H3/t11-,12+/m1/s1. The third-order valence-electron chi connectivity index (χ3n) is 3.34. The summed E-state index contributed by atoms with van der Waals surface area (Å²) in [7, 11) is 0. The Morgan fingerprint density at radius 3 is 3.00 bits per heavy atom. The lowest BCUT2D eigenvalue weighted by Gasteiger charge is -2.35. The van der Waals surface area contributed by atoms with Gasteiger partial charge in [-0.05, 0) is 38.8 Å². The molecule has 2 rings (SSSR count). The van der Waals surface area contributed by atoms with Gasteiger partial charge in [-0.1, -0.05) is 6.07 Å². The summed E-state index contributed by atoms with van der Waals surface area (Å²) in [5.41, 5.74) is 1.05. The summed E-state index contributed by atoms with van der Waals surface area (Å²) in [5, 5.41) is 9.65. The quantitative estimate of drug-likeness (QED) is 0.828. The van der Waals surface area contributed by atoms with Gasteiger partial charge in [0.1, 0.15) is 5.82 Å². The molecule has 88 valence electrons. The van der Waals surface area contributed by atoms with Crippen molar-refractivity contribution in [1.29, 1.82) is 0 Å². The van der Waals surface area contributed by atoms with E-state index in [0.717, 1.165) is 37.4 Å². The zero-order valence-electron chi connectivity index (χ0n) is 10.1. The Morgan fingerprint density at radius 1 is 1.50 bits per heavy atom. The molecule has 1 aliphatic rings. The maximum atomic E-state index is 9.65. The SMILES string of the molecule is Cc1cccc(N2CCC[C@H]([C@@H](C)O)C2)n1. The minimum atomic E-state index is -0.215. The van der Waals surface area contributed by atoms with E-state index < -0.39 is 0 Å². The number of aliphatic hydroxyl groups is 1. The van der Waals surface area contributed by atoms with Gasteiger partial charge in [0.2, 0.25) is 0 Å². The van der Waals surface area contributed by atoms with E-state index in [1.54, 1.807) is 0 Å². The normalized spacial score (nSPS) is 23.2. The first-order valence-corrected chi connectivity index (χ1v) is 6.03. The van der Waals surface area contributed by atoms with Crippen LogP contribution in [-0.4, -0.2) is 29.3 Å². The van der Waals surface area contributed by atoms with Gasteiger partial charge in [-0.2, -0.15) is 0 Å². The van der Waals surface area contributed by atoms with Crippen LogP contribution in [0, 0.1) is 12.8 Å². The largest absolute Gasteiger partial charge is 0.393 e. The summed E-state index contributed by atoms with van der Waals surface area (Å²) in [5.74, 6) is 1.43. The second-order valence-electron chi connectivity index (χ2n) is 4.73. The van der Waals surface area contributed by atoms with Gasteiger partial charge in [-0.3, -0.25) is 0 Å². The lowest BCUT2D eigenvalue weighted by atomic mass is 9.93. The van der Waals surface area contributed by atoms with Gasteiger partial charge in [-0.25, -0.2) is 4.98 Å². The molecule has 0 spiro atoms. The fourth-order valence-corrected chi connectivity index (χ4v) is 2.32. The molecule has 0 unspecified atom stereocenters. The van der Waals surface area contributed by atoms with Gasteiger partial charge in [0.25, 0.3) is 0 Å². The Balaban J connectivity index is 2.09. The highest BCUT2D eigenvalue weighted by molar-refractivity contribution is 5.39. The van der Waals surface area contributed by atoms with E-state index >= 15 is 0 Å². The molecule has 1 fully saturated rings. The fraction of sp³-hybridized carbons (Fsp3) is 0.615. The molecule has 3 nitrogen and oxygen atoms in total. The zero-order chi connectivity index (χ0) is 11.5. The van der Waals surface area contributed by atoms with Gasteiger partial charge >= 0.3 is 0 Å². The maximum Gasteiger partial charge on any atom is 0.128 e. The van der Waals surface area contributed by atoms with Crippen LogP contribution in [0.1, 0.15) is 25.5 Å². The summed E-state index contributed by atoms with van der Waals surface area (Å²) in [6.45, 7) is 5.88. The minimum Gasteiger partial charge on any atom is -0.393 e. The number of piperidine rings is 1. The maximum absolute atomic E-state index is 9.65. The van der Waals surface area contributed by atoms with Crippen molar-refractivity contribution in [2.45, 2.75) is 32.8 Å². The molecular weight excluding hydrogens is 200 g/mol. The predicted molar refractivity (Wildman–Crippen MR) is 65.6 cm³/mol. The molecule has 1 aromatic heterocycles. The Bertz CT molecular complexity index is 352. The Kier molecular flexibility index (Phi) is 3.44. The molecule has 3 heteroatoms. The highest BCUT2D eigenvalue weighted by Crippen LogP contribution is 2.23. The van der Waals surface area contributed by atoms with Crippen LogP contribution in [-0.2, 0) is 0 Å². The van der Waals surface area contributed by atoms with Crippen molar-refractivity contribution in [3.8, 4) is 0 Å². The van der Waals surface area contributed by atoms with Crippen LogP contribution in [0.25, 0.3) is 0 Å². The molecule has 0 radical (unpaired) electrons. The zero-order valence-corrected chi connectivity index (χ0v) is 10.1. The molecule has 2 heterocycles. The van der Waals surface area contributed by atoms with E-state index in [4.69, 9.17) is 0 Å². The molecule has 0 bridgehead atoms. The van der Waals surface area contributed by atoms with Crippen LogP contribution < -0.4 is 4.90 Å². The monoisotopic (exact) mass is 220 g/mol. The van der Waals surface area contributed by atoms with Crippen LogP contribution in [0.2, 0.25) is 0 Å². The van der Waals surface area contributed by atoms with Crippen molar-refractivity contribution >= 4 is 5.82 Å². The van der Waals surface area contributed by atoms with E-state index in [0.29, 0.717) is 5.92 Å². The highest BCUT2D eigenvalue weighted by atomic mass is 16.3. The number of aliphatic hydroxyl groups excluding tert-OH is 1. The van der Waals surface area contributed by atoms with Crippen molar-refractivity contribution in [1.82, 2.24) is 4.98 Å². The molecule has 0 saturated carbocycles. The van der Waals surface area contributed by atoms with E-state index in [9.17, 15) is 5.11 Å². The summed E-state index contributed by atoms with van der Waals surface area (Å²) in [6.07, 6.45) is 2.05. The summed E-state index contributed by atoms with van der Waals surface area (Å²) in [6, 6.07) is 6.11. The molecule has 1 aliphatic heterocycles. The van der Waals surface area contributed by atoms with Crippen molar-refractivity contribution in [3.63, 3.8) is 0 Å². The smallest absolute Gasteiger partial charge is 0.128 e. The Morgan fingerprint density at radius 2 is 2.31 bits per heavy atom. The average Bonchev–Trinajstić information content (AvgIpc) is 2.29. The van der Waals surface area contributed by atoms with Crippen LogP contribution in [0.4, 0.5) is 5.82 Å². The van der Waals surface area contributed by atoms with Crippen LogP contribution in [0.15, 0.2) is 18.2 Å². The molecular formula is C13H20N2O. The molecule has 0 aromatic carbocycles. The van der Waals surface area contributed by atoms with Crippen molar-refractivity contribution in [2.75, 3.05) is 18.0 Å². The van der Waals surface area contributed by atoms with E-state index in [1.807, 2.05) is 26.0 Å². The second kappa shape index (κ2) is 4.83. The number of hydrogen-bond acceptors (Lipinski definition) is 3. The predicted octanol–water partition coefficient (Wildman–Crippen LogP) is 1.99. The van der Waals surface area contributed by atoms with Gasteiger partial charge in [-0.15, -0.1) is 0 Å². The molecule has 2 atom stereocenters. The van der Waals surface area contributed by atoms with E-state index in [-0.39, 0.29) is 6.10 Å². The third kappa shape index (κ3) is 2.53. The number of rotatable bonds is 2. The highest BCUT2D eigenvalue weighted by Gasteiger charge is 2.24. The van der Waals surface area contributed by atoms with Crippen molar-refractivity contribution in [3.05, 3.63) is 23.9 Å². The first-order chi connectivity index (χ1) is 7.66. The first kappa shape index (κ1) is 11.4. The van der Waals surface area contributed by atoms with Crippen LogP contribution in [0.3, 0.4) is 0 Å². The molecule has 0 aliphatic carbocycles.